The van der Waals surface area contributed by atoms with Crippen molar-refractivity contribution in [3.63, 3.8) is 0 Å². The first kappa shape index (κ1) is 19.6. The molecule has 6 nitrogen and oxygen atoms in total. The zero-order valence-corrected chi connectivity index (χ0v) is 17.2. The number of fused-ring (bicyclic) bond motifs is 1. The predicted molar refractivity (Wildman–Crippen MR) is 114 cm³/mol. The summed E-state index contributed by atoms with van der Waals surface area (Å²) >= 11 is 0. The van der Waals surface area contributed by atoms with E-state index < -0.39 is 0 Å². The normalized spacial score (nSPS) is 24.4. The molecule has 0 spiro atoms. The molecule has 0 radical (unpaired) electrons. The van der Waals surface area contributed by atoms with Gasteiger partial charge in [-0.3, -0.25) is 9.59 Å². The van der Waals surface area contributed by atoms with Crippen LogP contribution >= 0.6 is 0 Å². The van der Waals surface area contributed by atoms with Crippen molar-refractivity contribution in [1.29, 1.82) is 0 Å². The molecule has 29 heavy (non-hydrogen) atoms. The number of benzene rings is 2. The molecule has 2 aromatic carbocycles. The molecular weight excluding hydrogens is 364 g/mol. The van der Waals surface area contributed by atoms with E-state index in [2.05, 4.69) is 28.6 Å². The largest absolute Gasteiger partial charge is 0.326 e. The lowest BCUT2D eigenvalue weighted by molar-refractivity contribution is -0.126. The highest BCUT2D eigenvalue weighted by Crippen LogP contribution is 2.32. The van der Waals surface area contributed by atoms with Crippen molar-refractivity contribution in [3.05, 3.63) is 59.7 Å². The number of amides is 2. The van der Waals surface area contributed by atoms with Crippen LogP contribution in [0.25, 0.3) is 0 Å². The molecule has 152 valence electrons. The fourth-order valence-corrected chi connectivity index (χ4v) is 4.39. The molecule has 3 unspecified atom stereocenters. The minimum atomic E-state index is -0.313. The number of hydrogen-bond acceptors (Lipinski definition) is 4. The summed E-state index contributed by atoms with van der Waals surface area (Å²) < 4.78 is 0. The fraction of sp³-hybridized carbons (Fsp3) is 0.391. The lowest BCUT2D eigenvalue weighted by atomic mass is 9.84. The topological polar surface area (TPSA) is 64.7 Å². The summed E-state index contributed by atoms with van der Waals surface area (Å²) in [6, 6.07) is 15.4. The number of rotatable bonds is 4. The average molecular weight is 393 g/mol. The van der Waals surface area contributed by atoms with E-state index >= 15 is 0 Å². The molecule has 2 fully saturated rings. The van der Waals surface area contributed by atoms with Crippen LogP contribution in [0.2, 0.25) is 0 Å². The van der Waals surface area contributed by atoms with Crippen LogP contribution in [0.3, 0.4) is 0 Å². The van der Waals surface area contributed by atoms with Gasteiger partial charge in [0.1, 0.15) is 0 Å². The maximum atomic E-state index is 13.3. The fourth-order valence-electron chi connectivity index (χ4n) is 4.39. The summed E-state index contributed by atoms with van der Waals surface area (Å²) in [5.74, 6) is -0.560. The Morgan fingerprint density at radius 1 is 1.14 bits per heavy atom. The minimum Gasteiger partial charge on any atom is -0.326 e. The van der Waals surface area contributed by atoms with Crippen molar-refractivity contribution in [1.82, 2.24) is 10.3 Å². The number of aryl methyl sites for hydroxylation is 2. The molecule has 2 N–H and O–H groups in total. The van der Waals surface area contributed by atoms with Crippen molar-refractivity contribution in [3.8, 4) is 0 Å². The van der Waals surface area contributed by atoms with Crippen molar-refractivity contribution in [2.24, 2.45) is 11.8 Å². The van der Waals surface area contributed by atoms with E-state index in [1.807, 2.05) is 56.3 Å². The zero-order valence-electron chi connectivity index (χ0n) is 17.2. The standard InChI is InChI=1S/C23H28N4O2/c1-4-26-13-18(22(28)24-20-11-10-15(2)12-16(20)3)21-19(14-26)23(29)27(25-21)17-8-6-5-7-9-17/h5-12,18-19,21,25H,4,13-14H2,1-3H3,(H,24,28). The molecule has 4 rings (SSSR count). The van der Waals surface area contributed by atoms with Gasteiger partial charge in [0.25, 0.3) is 0 Å². The van der Waals surface area contributed by atoms with Gasteiger partial charge >= 0.3 is 0 Å². The molecule has 0 aliphatic carbocycles. The number of anilines is 2. The quantitative estimate of drug-likeness (QED) is 0.840. The highest BCUT2D eigenvalue weighted by molar-refractivity contribution is 6.00. The third kappa shape index (κ3) is 3.78. The number of likely N-dealkylation sites (tertiary alicyclic amines) is 1. The van der Waals surface area contributed by atoms with E-state index in [0.717, 1.165) is 29.0 Å². The Bertz CT molecular complexity index is 914. The zero-order chi connectivity index (χ0) is 20.5. The van der Waals surface area contributed by atoms with E-state index in [9.17, 15) is 9.59 Å². The van der Waals surface area contributed by atoms with Crippen LogP contribution in [-0.2, 0) is 9.59 Å². The lowest BCUT2D eigenvalue weighted by Gasteiger charge is -2.37. The van der Waals surface area contributed by atoms with Crippen LogP contribution in [0.1, 0.15) is 18.1 Å². The second-order valence-electron chi connectivity index (χ2n) is 8.04. The van der Waals surface area contributed by atoms with Crippen LogP contribution < -0.4 is 15.8 Å². The third-order valence-electron chi connectivity index (χ3n) is 6.03. The number of hydrogen-bond donors (Lipinski definition) is 2. The Morgan fingerprint density at radius 2 is 1.90 bits per heavy atom. The lowest BCUT2D eigenvalue weighted by Crippen LogP contribution is -2.55. The average Bonchev–Trinajstić information content (AvgIpc) is 3.06. The Balaban J connectivity index is 1.58. The van der Waals surface area contributed by atoms with Gasteiger partial charge in [-0.15, -0.1) is 0 Å². The van der Waals surface area contributed by atoms with E-state index in [1.165, 1.54) is 0 Å². The summed E-state index contributed by atoms with van der Waals surface area (Å²) in [7, 11) is 0. The van der Waals surface area contributed by atoms with Gasteiger partial charge in [0.05, 0.1) is 23.6 Å². The third-order valence-corrected chi connectivity index (χ3v) is 6.03. The first-order valence-corrected chi connectivity index (χ1v) is 10.2. The van der Waals surface area contributed by atoms with Gasteiger partial charge in [-0.25, -0.2) is 10.4 Å². The van der Waals surface area contributed by atoms with Gasteiger partial charge in [-0.1, -0.05) is 42.8 Å². The van der Waals surface area contributed by atoms with Crippen LogP contribution in [-0.4, -0.2) is 42.4 Å². The molecule has 6 heteroatoms. The van der Waals surface area contributed by atoms with E-state index in [-0.39, 0.29) is 29.7 Å². The molecular formula is C23H28N4O2. The molecule has 2 aliphatic rings. The number of nitrogens with one attached hydrogen (secondary N) is 2. The Morgan fingerprint density at radius 3 is 2.59 bits per heavy atom. The Labute approximate surface area is 171 Å². The second kappa shape index (κ2) is 7.97. The minimum absolute atomic E-state index is 0.0312. The van der Waals surface area contributed by atoms with E-state index in [1.54, 1.807) is 5.01 Å². The van der Waals surface area contributed by atoms with Crippen molar-refractivity contribution in [2.75, 3.05) is 30.0 Å². The van der Waals surface area contributed by atoms with Crippen molar-refractivity contribution >= 4 is 23.2 Å². The summed E-state index contributed by atoms with van der Waals surface area (Å²) in [4.78, 5) is 28.6. The summed E-state index contributed by atoms with van der Waals surface area (Å²) in [5.41, 5.74) is 7.18. The van der Waals surface area contributed by atoms with E-state index in [4.69, 9.17) is 0 Å². The molecule has 0 aromatic heterocycles. The van der Waals surface area contributed by atoms with Gasteiger partial charge in [0.2, 0.25) is 11.8 Å². The summed E-state index contributed by atoms with van der Waals surface area (Å²) in [6.07, 6.45) is 0. The van der Waals surface area contributed by atoms with Crippen molar-refractivity contribution < 1.29 is 9.59 Å². The predicted octanol–water partition coefficient (Wildman–Crippen LogP) is 2.73. The maximum absolute atomic E-state index is 13.3. The molecule has 2 aromatic rings. The number of carbonyl (C=O) groups excluding carboxylic acids is 2. The van der Waals surface area contributed by atoms with Gasteiger partial charge in [0, 0.05) is 18.8 Å². The van der Waals surface area contributed by atoms with Gasteiger partial charge in [-0.05, 0) is 44.2 Å². The molecule has 0 saturated carbocycles. The van der Waals surface area contributed by atoms with Gasteiger partial charge in [0.15, 0.2) is 0 Å². The number of nitrogens with zero attached hydrogens (tertiary/aromatic N) is 2. The van der Waals surface area contributed by atoms with Crippen LogP contribution in [0, 0.1) is 25.7 Å². The van der Waals surface area contributed by atoms with Crippen LogP contribution in [0.15, 0.2) is 48.5 Å². The highest BCUT2D eigenvalue weighted by Gasteiger charge is 2.50. The van der Waals surface area contributed by atoms with Crippen molar-refractivity contribution in [2.45, 2.75) is 26.8 Å². The smallest absolute Gasteiger partial charge is 0.247 e. The van der Waals surface area contributed by atoms with Crippen LogP contribution in [0.4, 0.5) is 11.4 Å². The van der Waals surface area contributed by atoms with Gasteiger partial charge in [-0.2, -0.15) is 0 Å². The van der Waals surface area contributed by atoms with Gasteiger partial charge < -0.3 is 10.2 Å². The number of para-hydroxylation sites is 1. The first-order valence-electron chi connectivity index (χ1n) is 10.2. The van der Waals surface area contributed by atoms with Crippen LogP contribution in [0.5, 0.6) is 0 Å². The second-order valence-corrected chi connectivity index (χ2v) is 8.04. The highest BCUT2D eigenvalue weighted by atomic mass is 16.2. The Kier molecular flexibility index (Phi) is 5.39. The molecule has 2 saturated heterocycles. The molecule has 2 amide bonds. The first-order chi connectivity index (χ1) is 14.0. The summed E-state index contributed by atoms with van der Waals surface area (Å²) in [6.45, 7) is 8.23. The Hall–Kier alpha value is -2.70. The molecule has 3 atom stereocenters. The molecule has 2 heterocycles. The monoisotopic (exact) mass is 392 g/mol. The summed E-state index contributed by atoms with van der Waals surface area (Å²) in [5, 5.41) is 4.72. The molecule has 0 bridgehead atoms. The number of piperidine rings is 1. The number of hydrazine groups is 1. The van der Waals surface area contributed by atoms with E-state index in [0.29, 0.717) is 13.1 Å². The SMILES string of the molecule is CCN1CC(C(=O)Nc2ccc(C)cc2C)C2NN(c3ccccc3)C(=O)C2C1. The molecule has 2 aliphatic heterocycles. The number of carbonyl (C=O) groups is 2. The maximum Gasteiger partial charge on any atom is 0.247 e.